The third kappa shape index (κ3) is 3.03. The molecule has 0 saturated carbocycles. The van der Waals surface area contributed by atoms with Gasteiger partial charge in [-0.1, -0.05) is 13.8 Å². The number of fused-ring (bicyclic) bond motifs is 2. The molecule has 2 aromatic rings. The summed E-state index contributed by atoms with van der Waals surface area (Å²) < 4.78 is 5.38. The van der Waals surface area contributed by atoms with Crippen LogP contribution in [0, 0.1) is 5.92 Å². The van der Waals surface area contributed by atoms with E-state index in [-0.39, 0.29) is 18.4 Å². The van der Waals surface area contributed by atoms with Crippen LogP contribution >= 0.6 is 0 Å². The van der Waals surface area contributed by atoms with E-state index in [1.54, 1.807) is 6.92 Å². The molecule has 0 unspecified atom stereocenters. The van der Waals surface area contributed by atoms with Crippen molar-refractivity contribution in [2.24, 2.45) is 5.92 Å². The van der Waals surface area contributed by atoms with Crippen molar-refractivity contribution in [3.05, 3.63) is 45.3 Å². The molecule has 1 saturated heterocycles. The maximum absolute atomic E-state index is 12.9. The lowest BCUT2D eigenvalue weighted by Gasteiger charge is -2.23. The molecule has 0 radical (unpaired) electrons. The van der Waals surface area contributed by atoms with Gasteiger partial charge in [-0.05, 0) is 67.3 Å². The van der Waals surface area contributed by atoms with E-state index in [4.69, 9.17) is 4.42 Å². The Bertz CT molecular complexity index is 1010. The van der Waals surface area contributed by atoms with Gasteiger partial charge in [0, 0.05) is 11.5 Å². The van der Waals surface area contributed by atoms with Crippen LogP contribution in [0.4, 0.5) is 4.79 Å². The van der Waals surface area contributed by atoms with Gasteiger partial charge in [-0.25, -0.2) is 9.59 Å². The number of benzene rings is 1. The number of rotatable bonds is 4. The Morgan fingerprint density at radius 3 is 2.56 bits per heavy atom. The number of hydrogen-bond donors (Lipinski definition) is 1. The van der Waals surface area contributed by atoms with Crippen molar-refractivity contribution in [1.82, 2.24) is 10.2 Å². The summed E-state index contributed by atoms with van der Waals surface area (Å²) in [5.74, 6) is 0.0233. The highest BCUT2D eigenvalue weighted by Crippen LogP contribution is 2.31. The Kier molecular flexibility index (Phi) is 4.09. The first-order valence-corrected chi connectivity index (χ1v) is 9.49. The molecule has 1 N–H and O–H groups in total. The van der Waals surface area contributed by atoms with E-state index in [1.165, 1.54) is 22.1 Å². The minimum Gasteiger partial charge on any atom is -0.423 e. The van der Waals surface area contributed by atoms with Crippen molar-refractivity contribution in [2.75, 3.05) is 0 Å². The number of urea groups is 1. The second-order valence-electron chi connectivity index (χ2n) is 8.31. The van der Waals surface area contributed by atoms with Crippen molar-refractivity contribution < 1.29 is 14.0 Å². The average molecular weight is 368 g/mol. The summed E-state index contributed by atoms with van der Waals surface area (Å²) in [4.78, 5) is 38.7. The fourth-order valence-electron chi connectivity index (χ4n) is 4.44. The minimum absolute atomic E-state index is 0.0687. The Labute approximate surface area is 157 Å². The summed E-state index contributed by atoms with van der Waals surface area (Å²) in [7, 11) is 0. The van der Waals surface area contributed by atoms with E-state index in [9.17, 15) is 14.4 Å². The predicted molar refractivity (Wildman–Crippen MR) is 101 cm³/mol. The highest BCUT2D eigenvalue weighted by molar-refractivity contribution is 6.06. The molecule has 6 nitrogen and oxygen atoms in total. The molecule has 0 spiro atoms. The van der Waals surface area contributed by atoms with Crippen LogP contribution in [-0.2, 0) is 24.2 Å². The van der Waals surface area contributed by atoms with Crippen molar-refractivity contribution in [3.8, 4) is 0 Å². The topological polar surface area (TPSA) is 79.6 Å². The molecule has 1 aliphatic heterocycles. The molecule has 1 aromatic carbocycles. The van der Waals surface area contributed by atoms with Gasteiger partial charge in [-0.3, -0.25) is 9.69 Å². The molecule has 1 aromatic heterocycles. The maximum Gasteiger partial charge on any atom is 0.336 e. The number of amides is 3. The van der Waals surface area contributed by atoms with Crippen molar-refractivity contribution >= 4 is 22.9 Å². The van der Waals surface area contributed by atoms with Gasteiger partial charge >= 0.3 is 11.7 Å². The van der Waals surface area contributed by atoms with E-state index < -0.39 is 17.2 Å². The number of aryl methyl sites for hydroxylation is 2. The van der Waals surface area contributed by atoms with Crippen LogP contribution in [0.15, 0.2) is 27.4 Å². The minimum atomic E-state index is -0.901. The Morgan fingerprint density at radius 1 is 1.15 bits per heavy atom. The quantitative estimate of drug-likeness (QED) is 0.664. The number of carbonyl (C=O) groups is 2. The van der Waals surface area contributed by atoms with Crippen LogP contribution in [0.2, 0.25) is 0 Å². The van der Waals surface area contributed by atoms with E-state index in [0.29, 0.717) is 17.6 Å². The highest BCUT2D eigenvalue weighted by atomic mass is 16.4. The highest BCUT2D eigenvalue weighted by Gasteiger charge is 2.47. The van der Waals surface area contributed by atoms with E-state index >= 15 is 0 Å². The summed E-state index contributed by atoms with van der Waals surface area (Å²) in [6.45, 7) is 5.87. The van der Waals surface area contributed by atoms with Crippen LogP contribution in [0.5, 0.6) is 0 Å². The lowest BCUT2D eigenvalue weighted by atomic mass is 9.91. The molecule has 2 heterocycles. The molecule has 4 rings (SSSR count). The van der Waals surface area contributed by atoms with Crippen LogP contribution in [-0.4, -0.2) is 22.4 Å². The first-order valence-electron chi connectivity index (χ1n) is 9.49. The zero-order chi connectivity index (χ0) is 19.3. The van der Waals surface area contributed by atoms with Gasteiger partial charge < -0.3 is 9.73 Å². The number of carbonyl (C=O) groups excluding carboxylic acids is 2. The molecular formula is C21H24N2O4. The first-order chi connectivity index (χ1) is 12.8. The standard InChI is InChI=1S/C21H24N2O4/c1-12(2)10-21(3)19(25)23(20(26)22-21)11-15-9-18(24)27-17-8-14-6-4-5-13(14)7-16(15)17/h7-9,12H,4-6,10-11H2,1-3H3,(H,22,26)/t21-/m1/s1. The van der Waals surface area contributed by atoms with Gasteiger partial charge in [0.25, 0.3) is 5.91 Å². The third-order valence-corrected chi connectivity index (χ3v) is 5.53. The zero-order valence-corrected chi connectivity index (χ0v) is 15.9. The SMILES string of the molecule is CC(C)C[C@@]1(C)NC(=O)N(Cc2cc(=O)oc3cc4c(cc23)CCC4)C1=O. The summed E-state index contributed by atoms with van der Waals surface area (Å²) in [5, 5.41) is 3.62. The maximum atomic E-state index is 12.9. The zero-order valence-electron chi connectivity index (χ0n) is 15.9. The molecular weight excluding hydrogens is 344 g/mol. The summed E-state index contributed by atoms with van der Waals surface area (Å²) in [5.41, 5.74) is 2.26. The summed E-state index contributed by atoms with van der Waals surface area (Å²) in [6, 6.07) is 4.95. The van der Waals surface area contributed by atoms with Crippen molar-refractivity contribution in [1.29, 1.82) is 0 Å². The van der Waals surface area contributed by atoms with E-state index in [1.807, 2.05) is 26.0 Å². The molecule has 2 aliphatic rings. The third-order valence-electron chi connectivity index (χ3n) is 5.53. The molecule has 1 aliphatic carbocycles. The Morgan fingerprint density at radius 2 is 1.85 bits per heavy atom. The van der Waals surface area contributed by atoms with Gasteiger partial charge in [0.2, 0.25) is 0 Å². The van der Waals surface area contributed by atoms with Crippen LogP contribution in [0.25, 0.3) is 11.0 Å². The van der Waals surface area contributed by atoms with Gasteiger partial charge in [-0.15, -0.1) is 0 Å². The fraction of sp³-hybridized carbons (Fsp3) is 0.476. The van der Waals surface area contributed by atoms with E-state index in [2.05, 4.69) is 5.32 Å². The molecule has 142 valence electrons. The Hall–Kier alpha value is -2.63. The second-order valence-corrected chi connectivity index (χ2v) is 8.31. The largest absolute Gasteiger partial charge is 0.423 e. The first kappa shape index (κ1) is 17.8. The number of nitrogens with one attached hydrogen (secondary N) is 1. The molecule has 1 atom stereocenters. The molecule has 1 fully saturated rings. The van der Waals surface area contributed by atoms with Gasteiger partial charge in [0.05, 0.1) is 6.54 Å². The summed E-state index contributed by atoms with van der Waals surface area (Å²) in [6.07, 6.45) is 3.64. The van der Waals surface area contributed by atoms with Crippen LogP contribution in [0.1, 0.15) is 50.3 Å². The van der Waals surface area contributed by atoms with Crippen molar-refractivity contribution in [3.63, 3.8) is 0 Å². The normalized spacial score (nSPS) is 22.0. The van der Waals surface area contributed by atoms with Crippen molar-refractivity contribution in [2.45, 2.75) is 58.5 Å². The molecule has 0 bridgehead atoms. The number of nitrogens with zero attached hydrogens (tertiary/aromatic N) is 1. The Balaban J connectivity index is 1.72. The lowest BCUT2D eigenvalue weighted by Crippen LogP contribution is -2.44. The molecule has 27 heavy (non-hydrogen) atoms. The monoisotopic (exact) mass is 368 g/mol. The fourth-order valence-corrected chi connectivity index (χ4v) is 4.44. The smallest absolute Gasteiger partial charge is 0.336 e. The second kappa shape index (κ2) is 6.22. The molecule has 6 heteroatoms. The average Bonchev–Trinajstić information content (AvgIpc) is 3.10. The van der Waals surface area contributed by atoms with Crippen LogP contribution < -0.4 is 10.9 Å². The van der Waals surface area contributed by atoms with Gasteiger partial charge in [-0.2, -0.15) is 0 Å². The number of hydrogen-bond acceptors (Lipinski definition) is 4. The predicted octanol–water partition coefficient (Wildman–Crippen LogP) is 3.14. The van der Waals surface area contributed by atoms with Gasteiger partial charge in [0.1, 0.15) is 11.1 Å². The lowest BCUT2D eigenvalue weighted by molar-refractivity contribution is -0.131. The van der Waals surface area contributed by atoms with Crippen LogP contribution in [0.3, 0.4) is 0 Å². The summed E-state index contributed by atoms with van der Waals surface area (Å²) >= 11 is 0. The number of imide groups is 1. The van der Waals surface area contributed by atoms with E-state index in [0.717, 1.165) is 24.6 Å². The molecule has 3 amide bonds. The van der Waals surface area contributed by atoms with Gasteiger partial charge in [0.15, 0.2) is 0 Å².